The van der Waals surface area contributed by atoms with Gasteiger partial charge in [-0.05, 0) is 106 Å². The largest absolute Gasteiger partial charge is 0.390 e. The number of Topliss-reactive ketones (excluding diaryl/α,β-unsaturated/α-hetero) is 1. The van der Waals surface area contributed by atoms with E-state index in [1.54, 1.807) is 0 Å². The maximum atomic E-state index is 12.2. The fourth-order valence-corrected chi connectivity index (χ4v) is 8.07. The third-order valence-corrected chi connectivity index (χ3v) is 9.15. The van der Waals surface area contributed by atoms with Gasteiger partial charge in [0.15, 0.2) is 0 Å². The summed E-state index contributed by atoms with van der Waals surface area (Å²) in [6.07, 6.45) is 9.58. The zero-order chi connectivity index (χ0) is 17.3. The summed E-state index contributed by atoms with van der Waals surface area (Å²) in [7, 11) is 0. The Morgan fingerprint density at radius 1 is 0.958 bits per heavy atom. The summed E-state index contributed by atoms with van der Waals surface area (Å²) < 4.78 is 0. The Labute approximate surface area is 147 Å². The number of hydrogen-bond donors (Lipinski definition) is 1. The van der Waals surface area contributed by atoms with Crippen LogP contribution in [-0.4, -0.2) is 16.5 Å². The van der Waals surface area contributed by atoms with Crippen molar-refractivity contribution in [2.45, 2.75) is 84.7 Å². The Bertz CT molecular complexity index is 524. The molecule has 0 aromatic heterocycles. The predicted octanol–water partition coefficient (Wildman–Crippen LogP) is 4.84. The Hall–Kier alpha value is -0.370. The first-order chi connectivity index (χ1) is 11.2. The molecule has 4 aliphatic rings. The maximum Gasteiger partial charge on any atom is 0.133 e. The average molecular weight is 333 g/mol. The van der Waals surface area contributed by atoms with E-state index in [4.69, 9.17) is 0 Å². The molecule has 4 aliphatic carbocycles. The summed E-state index contributed by atoms with van der Waals surface area (Å²) in [5.41, 5.74) is -0.155. The molecule has 2 nitrogen and oxygen atoms in total. The van der Waals surface area contributed by atoms with Crippen molar-refractivity contribution < 1.29 is 9.90 Å². The fraction of sp³-hybridized carbons (Fsp3) is 0.955. The first-order valence-electron chi connectivity index (χ1n) is 10.5. The summed E-state index contributed by atoms with van der Waals surface area (Å²) in [6.45, 7) is 8.76. The van der Waals surface area contributed by atoms with E-state index < -0.39 is 5.60 Å². The maximum absolute atomic E-state index is 12.2. The quantitative estimate of drug-likeness (QED) is 0.746. The molecule has 4 fully saturated rings. The van der Waals surface area contributed by atoms with Crippen molar-refractivity contribution in [3.63, 3.8) is 0 Å². The van der Waals surface area contributed by atoms with Crippen LogP contribution in [0.1, 0.15) is 79.1 Å². The van der Waals surface area contributed by atoms with Crippen molar-refractivity contribution >= 4 is 5.78 Å². The van der Waals surface area contributed by atoms with E-state index in [2.05, 4.69) is 13.8 Å². The molecular weight excluding hydrogens is 296 g/mol. The van der Waals surface area contributed by atoms with Crippen molar-refractivity contribution in [2.24, 2.45) is 46.8 Å². The molecule has 4 rings (SSSR count). The molecule has 0 aromatic carbocycles. The van der Waals surface area contributed by atoms with Gasteiger partial charge in [-0.15, -0.1) is 0 Å². The lowest BCUT2D eigenvalue weighted by Gasteiger charge is -2.58. The second-order valence-corrected chi connectivity index (χ2v) is 10.5. The van der Waals surface area contributed by atoms with Crippen LogP contribution in [0.4, 0.5) is 0 Å². The van der Waals surface area contributed by atoms with Crippen molar-refractivity contribution in [2.75, 3.05) is 0 Å². The first kappa shape index (κ1) is 17.1. The summed E-state index contributed by atoms with van der Waals surface area (Å²) in [5.74, 6) is 5.54. The van der Waals surface area contributed by atoms with Gasteiger partial charge in [-0.2, -0.15) is 0 Å². The molecule has 4 saturated carbocycles. The number of aliphatic hydroxyl groups is 1. The van der Waals surface area contributed by atoms with Crippen LogP contribution in [0.25, 0.3) is 0 Å². The van der Waals surface area contributed by atoms with E-state index >= 15 is 0 Å². The number of carbonyl (C=O) groups is 1. The minimum absolute atomic E-state index is 0.277. The van der Waals surface area contributed by atoms with Crippen LogP contribution in [0.3, 0.4) is 0 Å². The highest BCUT2D eigenvalue weighted by molar-refractivity contribution is 5.79. The van der Waals surface area contributed by atoms with Gasteiger partial charge in [-0.25, -0.2) is 0 Å². The Kier molecular flexibility index (Phi) is 3.95. The van der Waals surface area contributed by atoms with Gasteiger partial charge in [-0.1, -0.05) is 13.8 Å². The topological polar surface area (TPSA) is 37.3 Å². The van der Waals surface area contributed by atoms with E-state index in [1.807, 2.05) is 13.8 Å². The molecule has 0 amide bonds. The van der Waals surface area contributed by atoms with Gasteiger partial charge in [0.25, 0.3) is 0 Å². The summed E-state index contributed by atoms with van der Waals surface area (Å²) in [4.78, 5) is 12.2. The standard InChI is InChI=1S/C22H36O2/c1-13-11-17-15(16-7-9-21(3,24)12-18(13)16)8-10-22(4)19(14(2)23)5-6-20(17)22/h13,15-20,24H,5-12H2,1-4H3/t13-,15-,16-,17-,18-,19-,20+,21+,22-/m1/s1. The third kappa shape index (κ3) is 2.42. The third-order valence-electron chi connectivity index (χ3n) is 9.15. The molecule has 0 spiro atoms. The lowest BCUT2D eigenvalue weighted by Crippen LogP contribution is -2.53. The molecule has 2 heteroatoms. The van der Waals surface area contributed by atoms with Crippen LogP contribution >= 0.6 is 0 Å². The van der Waals surface area contributed by atoms with Gasteiger partial charge in [0, 0.05) is 5.92 Å². The molecule has 136 valence electrons. The zero-order valence-electron chi connectivity index (χ0n) is 16.1. The minimum atomic E-state index is -0.432. The van der Waals surface area contributed by atoms with Gasteiger partial charge in [0.05, 0.1) is 5.60 Å². The number of rotatable bonds is 1. The van der Waals surface area contributed by atoms with Crippen molar-refractivity contribution in [3.8, 4) is 0 Å². The van der Waals surface area contributed by atoms with Crippen molar-refractivity contribution in [3.05, 3.63) is 0 Å². The lowest BCUT2D eigenvalue weighted by molar-refractivity contribution is -0.134. The first-order valence-corrected chi connectivity index (χ1v) is 10.5. The Balaban J connectivity index is 1.60. The minimum Gasteiger partial charge on any atom is -0.390 e. The molecule has 0 saturated heterocycles. The molecule has 1 N–H and O–H groups in total. The fourth-order valence-electron chi connectivity index (χ4n) is 8.07. The molecule has 0 bridgehead atoms. The number of hydrogen-bond acceptors (Lipinski definition) is 2. The lowest BCUT2D eigenvalue weighted by atomic mass is 9.47. The van der Waals surface area contributed by atoms with Gasteiger partial charge >= 0.3 is 0 Å². The molecule has 0 heterocycles. The van der Waals surface area contributed by atoms with Crippen LogP contribution in [0.5, 0.6) is 0 Å². The number of fused-ring (bicyclic) bond motifs is 5. The van der Waals surface area contributed by atoms with Crippen molar-refractivity contribution in [1.29, 1.82) is 0 Å². The number of ketones is 1. The summed E-state index contributed by atoms with van der Waals surface area (Å²) in [5, 5.41) is 10.6. The van der Waals surface area contributed by atoms with Crippen LogP contribution in [-0.2, 0) is 4.79 Å². The average Bonchev–Trinajstić information content (AvgIpc) is 2.85. The molecule has 0 unspecified atom stereocenters. The molecule has 0 aliphatic heterocycles. The van der Waals surface area contributed by atoms with Crippen molar-refractivity contribution in [1.82, 2.24) is 0 Å². The van der Waals surface area contributed by atoms with E-state index in [0.29, 0.717) is 11.7 Å². The second kappa shape index (κ2) is 5.56. The molecule has 0 radical (unpaired) electrons. The smallest absolute Gasteiger partial charge is 0.133 e. The SMILES string of the molecule is CC(=O)[C@H]1CC[C@H]2[C@@H]3C[C@@H](C)[C@H]4C[C@@](C)(O)CC[C@@H]4[C@H]3CC[C@]12C. The van der Waals surface area contributed by atoms with Crippen LogP contribution in [0, 0.1) is 46.8 Å². The molecule has 0 aromatic rings. The van der Waals surface area contributed by atoms with E-state index in [-0.39, 0.29) is 5.41 Å². The zero-order valence-corrected chi connectivity index (χ0v) is 16.1. The molecule has 24 heavy (non-hydrogen) atoms. The van der Waals surface area contributed by atoms with Crippen LogP contribution < -0.4 is 0 Å². The van der Waals surface area contributed by atoms with Gasteiger partial charge in [0.1, 0.15) is 5.78 Å². The summed E-state index contributed by atoms with van der Waals surface area (Å²) >= 11 is 0. The van der Waals surface area contributed by atoms with Gasteiger partial charge in [-0.3, -0.25) is 4.79 Å². The van der Waals surface area contributed by atoms with Crippen LogP contribution in [0.2, 0.25) is 0 Å². The van der Waals surface area contributed by atoms with E-state index in [1.165, 1.54) is 32.1 Å². The number of carbonyl (C=O) groups excluding carboxylic acids is 1. The normalized spacial score (nSPS) is 57.0. The Morgan fingerprint density at radius 3 is 2.33 bits per heavy atom. The van der Waals surface area contributed by atoms with E-state index in [0.717, 1.165) is 54.8 Å². The highest BCUT2D eigenvalue weighted by atomic mass is 16.3. The van der Waals surface area contributed by atoms with Crippen LogP contribution in [0.15, 0.2) is 0 Å². The van der Waals surface area contributed by atoms with E-state index in [9.17, 15) is 9.90 Å². The molecule has 9 atom stereocenters. The highest BCUT2D eigenvalue weighted by Crippen LogP contribution is 2.65. The Morgan fingerprint density at radius 2 is 1.62 bits per heavy atom. The monoisotopic (exact) mass is 332 g/mol. The highest BCUT2D eigenvalue weighted by Gasteiger charge is 2.59. The second-order valence-electron chi connectivity index (χ2n) is 10.5. The predicted molar refractivity (Wildman–Crippen MR) is 96.5 cm³/mol. The van der Waals surface area contributed by atoms with Gasteiger partial charge in [0.2, 0.25) is 0 Å². The molecular formula is C22H36O2. The summed E-state index contributed by atoms with van der Waals surface area (Å²) in [6, 6.07) is 0. The van der Waals surface area contributed by atoms with Gasteiger partial charge < -0.3 is 5.11 Å².